The van der Waals surface area contributed by atoms with Gasteiger partial charge in [0.05, 0.1) is 25.6 Å². The lowest BCUT2D eigenvalue weighted by Gasteiger charge is -2.26. The maximum absolute atomic E-state index is 12.8. The number of para-hydroxylation sites is 1. The molecule has 140 valence electrons. The quantitative estimate of drug-likeness (QED) is 0.755. The van der Waals surface area contributed by atoms with E-state index in [0.29, 0.717) is 6.54 Å². The van der Waals surface area contributed by atoms with Crippen molar-refractivity contribution in [2.45, 2.75) is 19.5 Å². The van der Waals surface area contributed by atoms with E-state index in [4.69, 9.17) is 9.47 Å². The summed E-state index contributed by atoms with van der Waals surface area (Å²) in [4.78, 5) is 15.2. The molecule has 0 bridgehead atoms. The summed E-state index contributed by atoms with van der Waals surface area (Å²) in [6, 6.07) is 15.6. The van der Waals surface area contributed by atoms with E-state index < -0.39 is 0 Å². The Labute approximate surface area is 157 Å². The number of ether oxygens (including phenoxy) is 2. The first-order chi connectivity index (χ1) is 13.2. The van der Waals surface area contributed by atoms with Gasteiger partial charge < -0.3 is 9.47 Å². The molecule has 4 rings (SSSR count). The fourth-order valence-corrected chi connectivity index (χ4v) is 3.62. The van der Waals surface area contributed by atoms with Gasteiger partial charge in [-0.3, -0.25) is 14.8 Å². The van der Waals surface area contributed by atoms with Crippen molar-refractivity contribution in [3.05, 3.63) is 75.7 Å². The standard InChI is InChI=1S/C21H23N3O3/c1-26-17-8-5-7-16(12-17)24-21(25)18-10-11-23(14-19(18)22-24)13-15-6-3-4-9-20(15)27-2/h3-9,12,22H,10-11,13-14H2,1-2H3. The van der Waals surface area contributed by atoms with Gasteiger partial charge in [-0.05, 0) is 24.6 Å². The van der Waals surface area contributed by atoms with E-state index in [2.05, 4.69) is 16.1 Å². The number of rotatable bonds is 5. The molecule has 1 aromatic heterocycles. The Kier molecular flexibility index (Phi) is 4.73. The number of aromatic amines is 1. The van der Waals surface area contributed by atoms with Crippen LogP contribution in [-0.4, -0.2) is 35.4 Å². The molecule has 1 N–H and O–H groups in total. The molecule has 0 spiro atoms. The second-order valence-corrected chi connectivity index (χ2v) is 6.68. The third-order valence-corrected chi connectivity index (χ3v) is 5.03. The Balaban J connectivity index is 1.59. The normalized spacial score (nSPS) is 14.0. The Morgan fingerprint density at radius 2 is 1.93 bits per heavy atom. The van der Waals surface area contributed by atoms with Crippen LogP contribution in [0.4, 0.5) is 0 Å². The summed E-state index contributed by atoms with van der Waals surface area (Å²) in [6.45, 7) is 2.34. The van der Waals surface area contributed by atoms with E-state index in [-0.39, 0.29) is 5.56 Å². The largest absolute Gasteiger partial charge is 0.497 e. The molecule has 27 heavy (non-hydrogen) atoms. The molecule has 0 radical (unpaired) electrons. The summed E-state index contributed by atoms with van der Waals surface area (Å²) in [5, 5.41) is 3.29. The van der Waals surface area contributed by atoms with Crippen LogP contribution >= 0.6 is 0 Å². The molecule has 6 heteroatoms. The van der Waals surface area contributed by atoms with Gasteiger partial charge in [0.25, 0.3) is 5.56 Å². The van der Waals surface area contributed by atoms with Gasteiger partial charge in [-0.15, -0.1) is 0 Å². The predicted octanol–water partition coefficient (Wildman–Crippen LogP) is 2.74. The number of methoxy groups -OCH3 is 2. The Morgan fingerprint density at radius 1 is 1.07 bits per heavy atom. The van der Waals surface area contributed by atoms with E-state index in [1.165, 1.54) is 0 Å². The highest BCUT2D eigenvalue weighted by Crippen LogP contribution is 2.23. The third-order valence-electron chi connectivity index (χ3n) is 5.03. The number of benzene rings is 2. The highest BCUT2D eigenvalue weighted by molar-refractivity contribution is 5.40. The molecule has 0 saturated heterocycles. The Hall–Kier alpha value is -2.99. The molecular formula is C21H23N3O3. The van der Waals surface area contributed by atoms with Gasteiger partial charge in [0.15, 0.2) is 0 Å². The van der Waals surface area contributed by atoms with Gasteiger partial charge in [-0.1, -0.05) is 24.3 Å². The number of nitrogens with one attached hydrogen (secondary N) is 1. The molecule has 0 unspecified atom stereocenters. The SMILES string of the molecule is COc1cccc(-n2[nH]c3c(c2=O)CCN(Cc2ccccc2OC)C3)c1. The number of fused-ring (bicyclic) bond motifs is 1. The number of H-pyrrole nitrogens is 1. The van der Waals surface area contributed by atoms with Crippen LogP contribution in [0.1, 0.15) is 16.8 Å². The van der Waals surface area contributed by atoms with Gasteiger partial charge in [0.2, 0.25) is 0 Å². The molecule has 0 aliphatic carbocycles. The molecule has 0 atom stereocenters. The van der Waals surface area contributed by atoms with Crippen molar-refractivity contribution in [3.63, 3.8) is 0 Å². The number of nitrogens with zero attached hydrogens (tertiary/aromatic N) is 2. The highest BCUT2D eigenvalue weighted by atomic mass is 16.5. The first-order valence-electron chi connectivity index (χ1n) is 9.01. The fourth-order valence-electron chi connectivity index (χ4n) is 3.62. The molecule has 0 saturated carbocycles. The molecule has 1 aliphatic rings. The lowest BCUT2D eigenvalue weighted by molar-refractivity contribution is 0.238. The van der Waals surface area contributed by atoms with Crippen LogP contribution in [0.3, 0.4) is 0 Å². The summed E-state index contributed by atoms with van der Waals surface area (Å²) < 4.78 is 12.3. The van der Waals surface area contributed by atoms with Crippen molar-refractivity contribution >= 4 is 0 Å². The second kappa shape index (κ2) is 7.32. The minimum atomic E-state index is 0.0233. The van der Waals surface area contributed by atoms with Crippen molar-refractivity contribution in [2.24, 2.45) is 0 Å². The molecule has 3 aromatic rings. The molecule has 6 nitrogen and oxygen atoms in total. The van der Waals surface area contributed by atoms with Gasteiger partial charge in [0, 0.05) is 36.8 Å². The van der Waals surface area contributed by atoms with Crippen molar-refractivity contribution in [1.29, 1.82) is 0 Å². The molecular weight excluding hydrogens is 342 g/mol. The molecule has 2 aromatic carbocycles. The summed E-state index contributed by atoms with van der Waals surface area (Å²) in [7, 11) is 3.32. The molecule has 0 fully saturated rings. The highest BCUT2D eigenvalue weighted by Gasteiger charge is 2.23. The summed E-state index contributed by atoms with van der Waals surface area (Å²) in [5.74, 6) is 1.62. The summed E-state index contributed by atoms with van der Waals surface area (Å²) in [6.07, 6.45) is 0.733. The van der Waals surface area contributed by atoms with Crippen molar-refractivity contribution in [1.82, 2.24) is 14.7 Å². The maximum Gasteiger partial charge on any atom is 0.274 e. The topological polar surface area (TPSA) is 59.5 Å². The van der Waals surface area contributed by atoms with Crippen LogP contribution in [0.15, 0.2) is 53.3 Å². The lowest BCUT2D eigenvalue weighted by Crippen LogP contribution is -2.31. The smallest absolute Gasteiger partial charge is 0.274 e. The van der Waals surface area contributed by atoms with Crippen LogP contribution < -0.4 is 15.0 Å². The zero-order chi connectivity index (χ0) is 18.8. The van der Waals surface area contributed by atoms with E-state index in [0.717, 1.165) is 53.5 Å². The second-order valence-electron chi connectivity index (χ2n) is 6.68. The zero-order valence-corrected chi connectivity index (χ0v) is 15.6. The number of hydrogen-bond acceptors (Lipinski definition) is 4. The van der Waals surface area contributed by atoms with E-state index >= 15 is 0 Å². The molecule has 2 heterocycles. The minimum Gasteiger partial charge on any atom is -0.497 e. The van der Waals surface area contributed by atoms with Crippen LogP contribution in [0.5, 0.6) is 11.5 Å². The zero-order valence-electron chi connectivity index (χ0n) is 15.6. The Morgan fingerprint density at radius 3 is 2.74 bits per heavy atom. The van der Waals surface area contributed by atoms with E-state index in [1.807, 2.05) is 42.5 Å². The maximum atomic E-state index is 12.8. The van der Waals surface area contributed by atoms with Gasteiger partial charge in [-0.2, -0.15) is 0 Å². The molecule has 0 amide bonds. The minimum absolute atomic E-state index is 0.0233. The van der Waals surface area contributed by atoms with Gasteiger partial charge in [-0.25, -0.2) is 4.68 Å². The van der Waals surface area contributed by atoms with E-state index in [9.17, 15) is 4.79 Å². The van der Waals surface area contributed by atoms with Gasteiger partial charge in [0.1, 0.15) is 11.5 Å². The van der Waals surface area contributed by atoms with Crippen molar-refractivity contribution in [2.75, 3.05) is 20.8 Å². The van der Waals surface area contributed by atoms with Crippen molar-refractivity contribution < 1.29 is 9.47 Å². The van der Waals surface area contributed by atoms with E-state index in [1.54, 1.807) is 18.9 Å². The van der Waals surface area contributed by atoms with Crippen LogP contribution in [-0.2, 0) is 19.5 Å². The van der Waals surface area contributed by atoms with Crippen LogP contribution in [0.25, 0.3) is 5.69 Å². The Bertz CT molecular complexity index is 1010. The third kappa shape index (κ3) is 3.36. The summed E-state index contributed by atoms with van der Waals surface area (Å²) in [5.41, 5.74) is 3.80. The van der Waals surface area contributed by atoms with Crippen molar-refractivity contribution in [3.8, 4) is 17.2 Å². The average molecular weight is 365 g/mol. The fraction of sp³-hybridized carbons (Fsp3) is 0.286. The lowest BCUT2D eigenvalue weighted by atomic mass is 10.1. The van der Waals surface area contributed by atoms with Crippen LogP contribution in [0.2, 0.25) is 0 Å². The monoisotopic (exact) mass is 365 g/mol. The van der Waals surface area contributed by atoms with Gasteiger partial charge >= 0.3 is 0 Å². The molecule has 1 aliphatic heterocycles. The van der Waals surface area contributed by atoms with Crippen LogP contribution in [0, 0.1) is 0 Å². The first kappa shape index (κ1) is 17.4. The first-order valence-corrected chi connectivity index (χ1v) is 9.01. The summed E-state index contributed by atoms with van der Waals surface area (Å²) >= 11 is 0. The number of aromatic nitrogens is 2. The number of hydrogen-bond donors (Lipinski definition) is 1. The predicted molar refractivity (Wildman–Crippen MR) is 104 cm³/mol. The average Bonchev–Trinajstić information content (AvgIpc) is 3.04.